The molecule has 0 amide bonds. The van der Waals surface area contributed by atoms with Gasteiger partial charge in [-0.05, 0) is 12.3 Å². The molecule has 0 aromatic rings. The number of hydrogen-bond acceptors (Lipinski definition) is 0. The molecule has 0 nitrogen and oxygen atoms in total. The summed E-state index contributed by atoms with van der Waals surface area (Å²) in [7, 11) is 0. The molecular formula is C10H17+. The Kier molecular flexibility index (Phi) is 1.13. The van der Waals surface area contributed by atoms with Gasteiger partial charge < -0.3 is 0 Å². The Hall–Kier alpha value is -0.130. The molecule has 2 rings (SSSR count). The third-order valence-corrected chi connectivity index (χ3v) is 3.85. The molecule has 2 aliphatic carbocycles. The van der Waals surface area contributed by atoms with E-state index in [9.17, 15) is 0 Å². The fourth-order valence-electron chi connectivity index (χ4n) is 2.79. The van der Waals surface area contributed by atoms with Crippen molar-refractivity contribution in [1.29, 1.82) is 0 Å². The van der Waals surface area contributed by atoms with Crippen LogP contribution in [0.3, 0.4) is 0 Å². The molecule has 0 heterocycles. The van der Waals surface area contributed by atoms with Crippen LogP contribution >= 0.6 is 0 Å². The molecule has 56 valence electrons. The zero-order valence-corrected chi connectivity index (χ0v) is 7.28. The van der Waals surface area contributed by atoms with Gasteiger partial charge in [0.05, 0.1) is 19.3 Å². The minimum absolute atomic E-state index is 0.796. The van der Waals surface area contributed by atoms with E-state index in [4.69, 9.17) is 0 Å². The van der Waals surface area contributed by atoms with Gasteiger partial charge in [0.2, 0.25) is 0 Å². The van der Waals surface area contributed by atoms with E-state index in [-0.39, 0.29) is 0 Å². The Labute approximate surface area is 64.0 Å². The lowest BCUT2D eigenvalue weighted by atomic mass is 9.90. The van der Waals surface area contributed by atoms with Gasteiger partial charge in [-0.15, -0.1) is 0 Å². The largest absolute Gasteiger partial charge is 0.107 e. The van der Waals surface area contributed by atoms with Crippen LogP contribution in [0.5, 0.6) is 0 Å². The molecule has 10 heavy (non-hydrogen) atoms. The van der Waals surface area contributed by atoms with Crippen molar-refractivity contribution >= 4 is 0 Å². The van der Waals surface area contributed by atoms with Gasteiger partial charge in [0.25, 0.3) is 0 Å². The molecule has 2 unspecified atom stereocenters. The molecule has 0 aliphatic heterocycles. The first-order chi connectivity index (χ1) is 4.67. The molecule has 0 heteroatoms. The fraction of sp³-hybridized carbons (Fsp3) is 0.900. The maximum absolute atomic E-state index is 2.39. The third kappa shape index (κ3) is 0.601. The Morgan fingerprint density at radius 2 is 2.20 bits per heavy atom. The van der Waals surface area contributed by atoms with E-state index in [0.29, 0.717) is 0 Å². The third-order valence-electron chi connectivity index (χ3n) is 3.85. The van der Waals surface area contributed by atoms with Crippen molar-refractivity contribution < 1.29 is 0 Å². The van der Waals surface area contributed by atoms with Crippen molar-refractivity contribution in [2.24, 2.45) is 17.3 Å². The van der Waals surface area contributed by atoms with Gasteiger partial charge in [0, 0.05) is 11.8 Å². The Morgan fingerprint density at radius 3 is 2.40 bits per heavy atom. The number of fused-ring (bicyclic) bond motifs is 1. The minimum atomic E-state index is 0.796. The van der Waals surface area contributed by atoms with E-state index in [2.05, 4.69) is 20.8 Å². The molecule has 0 aromatic carbocycles. The summed E-state index contributed by atoms with van der Waals surface area (Å²) in [4.78, 5) is 0. The van der Waals surface area contributed by atoms with E-state index in [0.717, 1.165) is 17.3 Å². The summed E-state index contributed by atoms with van der Waals surface area (Å²) in [5.74, 6) is 3.75. The van der Waals surface area contributed by atoms with E-state index in [1.165, 1.54) is 19.3 Å². The van der Waals surface area contributed by atoms with Crippen molar-refractivity contribution in [1.82, 2.24) is 0 Å². The van der Waals surface area contributed by atoms with E-state index in [1.54, 1.807) is 5.92 Å². The lowest BCUT2D eigenvalue weighted by molar-refractivity contribution is 0.344. The summed E-state index contributed by atoms with van der Waals surface area (Å²) in [5.41, 5.74) is 0.796. The molecule has 2 atom stereocenters. The van der Waals surface area contributed by atoms with Gasteiger partial charge in [-0.25, -0.2) is 0 Å². The summed E-state index contributed by atoms with van der Waals surface area (Å²) in [6.07, 6.45) is 4.42. The normalized spacial score (nSPS) is 44.4. The molecular weight excluding hydrogens is 120 g/mol. The SMILES string of the molecule is C[C+]1CCC2(C(C)C)CC12. The van der Waals surface area contributed by atoms with Crippen LogP contribution in [-0.4, -0.2) is 0 Å². The lowest BCUT2D eigenvalue weighted by Crippen LogP contribution is -2.07. The minimum Gasteiger partial charge on any atom is -0.0621 e. The van der Waals surface area contributed by atoms with Crippen LogP contribution in [0.1, 0.15) is 40.0 Å². The zero-order chi connectivity index (χ0) is 7.35. The summed E-state index contributed by atoms with van der Waals surface area (Å²) >= 11 is 0. The summed E-state index contributed by atoms with van der Waals surface area (Å²) in [5, 5.41) is 0. The van der Waals surface area contributed by atoms with Crippen LogP contribution < -0.4 is 0 Å². The summed E-state index contributed by atoms with van der Waals surface area (Å²) in [6, 6.07) is 0. The quantitative estimate of drug-likeness (QED) is 0.487. The first kappa shape index (κ1) is 6.57. The van der Waals surface area contributed by atoms with Crippen molar-refractivity contribution in [3.63, 3.8) is 0 Å². The average Bonchev–Trinajstić information content (AvgIpc) is 2.52. The van der Waals surface area contributed by atoms with Gasteiger partial charge in [-0.2, -0.15) is 0 Å². The second-order valence-electron chi connectivity index (χ2n) is 4.49. The van der Waals surface area contributed by atoms with E-state index < -0.39 is 0 Å². The standard InChI is InChI=1S/C10H17/c1-7(2)10-5-4-8(3)9(10)6-10/h7,9H,4-6H2,1-3H3/q+1. The second kappa shape index (κ2) is 1.72. The highest BCUT2D eigenvalue weighted by Crippen LogP contribution is 2.70. The van der Waals surface area contributed by atoms with Crippen molar-refractivity contribution in [2.45, 2.75) is 40.0 Å². The average molecular weight is 137 g/mol. The van der Waals surface area contributed by atoms with Crippen molar-refractivity contribution in [3.05, 3.63) is 5.92 Å². The maximum atomic E-state index is 2.39. The topological polar surface area (TPSA) is 0 Å². The summed E-state index contributed by atoms with van der Waals surface area (Å²) in [6.45, 7) is 7.12. The van der Waals surface area contributed by atoms with Gasteiger partial charge in [-0.3, -0.25) is 0 Å². The number of rotatable bonds is 1. The highest BCUT2D eigenvalue weighted by Gasteiger charge is 2.68. The molecule has 0 N–H and O–H groups in total. The van der Waals surface area contributed by atoms with E-state index in [1.807, 2.05) is 0 Å². The Balaban J connectivity index is 2.11. The fourth-order valence-corrected chi connectivity index (χ4v) is 2.79. The molecule has 0 aromatic heterocycles. The monoisotopic (exact) mass is 137 g/mol. The number of hydrogen-bond donors (Lipinski definition) is 0. The predicted octanol–water partition coefficient (Wildman–Crippen LogP) is 3.04. The van der Waals surface area contributed by atoms with Crippen LogP contribution in [0, 0.1) is 23.2 Å². The molecule has 0 spiro atoms. The van der Waals surface area contributed by atoms with Crippen LogP contribution in [0.4, 0.5) is 0 Å². The molecule has 2 saturated carbocycles. The van der Waals surface area contributed by atoms with Crippen molar-refractivity contribution in [3.8, 4) is 0 Å². The van der Waals surface area contributed by atoms with Gasteiger partial charge >= 0.3 is 0 Å². The highest BCUT2D eigenvalue weighted by molar-refractivity contribution is 5.21. The Morgan fingerprint density at radius 1 is 1.50 bits per heavy atom. The Bertz CT molecular complexity index is 148. The van der Waals surface area contributed by atoms with E-state index >= 15 is 0 Å². The van der Waals surface area contributed by atoms with Crippen LogP contribution in [0.15, 0.2) is 0 Å². The van der Waals surface area contributed by atoms with Crippen LogP contribution in [-0.2, 0) is 0 Å². The lowest BCUT2D eigenvalue weighted by Gasteiger charge is -2.11. The highest BCUT2D eigenvalue weighted by atomic mass is 14.7. The first-order valence-corrected chi connectivity index (χ1v) is 4.49. The molecule has 0 radical (unpaired) electrons. The smallest absolute Gasteiger partial charge is 0.0621 e. The second-order valence-corrected chi connectivity index (χ2v) is 4.49. The predicted molar refractivity (Wildman–Crippen MR) is 43.5 cm³/mol. The first-order valence-electron chi connectivity index (χ1n) is 4.49. The van der Waals surface area contributed by atoms with Gasteiger partial charge in [0.15, 0.2) is 0 Å². The van der Waals surface area contributed by atoms with Crippen LogP contribution in [0.25, 0.3) is 0 Å². The van der Waals surface area contributed by atoms with Gasteiger partial charge in [-0.1, -0.05) is 13.8 Å². The molecule has 2 fully saturated rings. The van der Waals surface area contributed by atoms with Crippen molar-refractivity contribution in [2.75, 3.05) is 0 Å². The molecule has 0 bridgehead atoms. The zero-order valence-electron chi connectivity index (χ0n) is 7.28. The molecule has 0 saturated heterocycles. The van der Waals surface area contributed by atoms with Gasteiger partial charge in [0.1, 0.15) is 5.92 Å². The molecule has 2 aliphatic rings. The van der Waals surface area contributed by atoms with Crippen LogP contribution in [0.2, 0.25) is 0 Å². The summed E-state index contributed by atoms with van der Waals surface area (Å²) < 4.78 is 0. The maximum Gasteiger partial charge on any atom is 0.107 e.